The zero-order chi connectivity index (χ0) is 21.7. The Morgan fingerprint density at radius 2 is 1.90 bits per heavy atom. The molecule has 0 aromatic heterocycles. The predicted molar refractivity (Wildman–Crippen MR) is 109 cm³/mol. The molecule has 1 N–H and O–H groups in total. The molecule has 2 aliphatic rings. The van der Waals surface area contributed by atoms with Crippen molar-refractivity contribution in [1.82, 2.24) is 0 Å². The number of amides is 1. The predicted octanol–water partition coefficient (Wildman–Crippen LogP) is 4.74. The standard InChI is InChI=1S/C20H19F3N2O3S2/c1-12-11-25(19(26)13-5-6-13)17-10-16(7-8-18(17)29-12)30(27,28)24-15-4-2-3-14(9-15)20(21,22)23/h2-4,7-10,12-13,24H,5-6,11H2,1H3/t12-/m1/s1. The highest BCUT2D eigenvalue weighted by Crippen LogP contribution is 2.42. The summed E-state index contributed by atoms with van der Waals surface area (Å²) < 4.78 is 66.6. The number of thioether (sulfide) groups is 1. The second-order valence-electron chi connectivity index (χ2n) is 7.47. The SMILES string of the molecule is C[C@@H]1CN(C(=O)C2CC2)c2cc(S(=O)(=O)Nc3cccc(C(F)(F)F)c3)ccc2S1. The maximum Gasteiger partial charge on any atom is 0.416 e. The smallest absolute Gasteiger partial charge is 0.310 e. The van der Waals surface area contributed by atoms with Crippen molar-refractivity contribution in [2.24, 2.45) is 5.92 Å². The fraction of sp³-hybridized carbons (Fsp3) is 0.350. The number of hydrogen-bond acceptors (Lipinski definition) is 4. The minimum absolute atomic E-state index is 0.0104. The van der Waals surface area contributed by atoms with E-state index in [2.05, 4.69) is 4.72 Å². The summed E-state index contributed by atoms with van der Waals surface area (Å²) in [5.74, 6) is -0.0274. The van der Waals surface area contributed by atoms with Gasteiger partial charge in [0.1, 0.15) is 0 Å². The third-order valence-corrected chi connectivity index (χ3v) is 7.46. The highest BCUT2D eigenvalue weighted by atomic mass is 32.2. The molecule has 160 valence electrons. The van der Waals surface area contributed by atoms with Crippen LogP contribution in [0.2, 0.25) is 0 Å². The van der Waals surface area contributed by atoms with Gasteiger partial charge in [-0.25, -0.2) is 8.42 Å². The Kier molecular flexibility index (Phi) is 5.26. The molecule has 1 saturated carbocycles. The number of carbonyl (C=O) groups excluding carboxylic acids is 1. The molecule has 1 amide bonds. The van der Waals surface area contributed by atoms with E-state index in [0.29, 0.717) is 12.2 Å². The van der Waals surface area contributed by atoms with Crippen molar-refractivity contribution in [2.75, 3.05) is 16.2 Å². The number of nitrogens with zero attached hydrogens (tertiary/aromatic N) is 1. The first-order chi connectivity index (χ1) is 14.0. The van der Waals surface area contributed by atoms with Gasteiger partial charge in [-0.15, -0.1) is 11.8 Å². The van der Waals surface area contributed by atoms with Crippen molar-refractivity contribution in [3.8, 4) is 0 Å². The Morgan fingerprint density at radius 1 is 1.17 bits per heavy atom. The van der Waals surface area contributed by atoms with E-state index in [1.807, 2.05) is 6.92 Å². The van der Waals surface area contributed by atoms with Gasteiger partial charge in [0.15, 0.2) is 0 Å². The number of anilines is 2. The van der Waals surface area contributed by atoms with Crippen molar-refractivity contribution < 1.29 is 26.4 Å². The van der Waals surface area contributed by atoms with Crippen molar-refractivity contribution in [3.05, 3.63) is 48.0 Å². The number of alkyl halides is 3. The molecular formula is C20H19F3N2O3S2. The molecule has 2 aromatic carbocycles. The number of hydrogen-bond donors (Lipinski definition) is 1. The minimum Gasteiger partial charge on any atom is -0.310 e. The molecule has 4 rings (SSSR count). The van der Waals surface area contributed by atoms with Gasteiger partial charge in [0.05, 0.1) is 16.1 Å². The Morgan fingerprint density at radius 3 is 2.57 bits per heavy atom. The average Bonchev–Trinajstić information content (AvgIpc) is 3.51. The van der Waals surface area contributed by atoms with Crippen LogP contribution in [-0.2, 0) is 21.0 Å². The van der Waals surface area contributed by atoms with E-state index in [0.717, 1.165) is 35.9 Å². The van der Waals surface area contributed by atoms with Crippen LogP contribution in [0.15, 0.2) is 52.3 Å². The molecule has 1 atom stereocenters. The first kappa shape index (κ1) is 21.0. The number of benzene rings is 2. The van der Waals surface area contributed by atoms with Gasteiger partial charge in [0, 0.05) is 28.3 Å². The summed E-state index contributed by atoms with van der Waals surface area (Å²) in [6.07, 6.45) is -2.91. The third kappa shape index (κ3) is 4.29. The lowest BCUT2D eigenvalue weighted by atomic mass is 10.2. The quantitative estimate of drug-likeness (QED) is 0.722. The molecule has 1 fully saturated rings. The molecule has 0 saturated heterocycles. The molecule has 2 aromatic rings. The number of carbonyl (C=O) groups is 1. The Bertz CT molecular complexity index is 1100. The largest absolute Gasteiger partial charge is 0.416 e. The van der Waals surface area contributed by atoms with Gasteiger partial charge in [-0.05, 0) is 49.2 Å². The maximum atomic E-state index is 12.9. The Balaban J connectivity index is 1.66. The van der Waals surface area contributed by atoms with Crippen LogP contribution in [0.25, 0.3) is 0 Å². The van der Waals surface area contributed by atoms with Gasteiger partial charge in [-0.2, -0.15) is 13.2 Å². The van der Waals surface area contributed by atoms with Crippen LogP contribution in [0.5, 0.6) is 0 Å². The van der Waals surface area contributed by atoms with Crippen molar-refractivity contribution in [3.63, 3.8) is 0 Å². The monoisotopic (exact) mass is 456 g/mol. The molecule has 30 heavy (non-hydrogen) atoms. The summed E-state index contributed by atoms with van der Waals surface area (Å²) in [7, 11) is -4.14. The molecule has 10 heteroatoms. The van der Waals surface area contributed by atoms with Gasteiger partial charge < -0.3 is 4.90 Å². The zero-order valence-corrected chi connectivity index (χ0v) is 17.6. The molecule has 1 aliphatic heterocycles. The van der Waals surface area contributed by atoms with Crippen molar-refractivity contribution in [2.45, 2.75) is 41.0 Å². The summed E-state index contributed by atoms with van der Waals surface area (Å²) in [6, 6.07) is 8.48. The molecule has 0 unspecified atom stereocenters. The molecule has 1 aliphatic carbocycles. The first-order valence-corrected chi connectivity index (χ1v) is 11.7. The Hall–Kier alpha value is -2.20. The lowest BCUT2D eigenvalue weighted by molar-refractivity contribution is -0.137. The summed E-state index contributed by atoms with van der Waals surface area (Å²) in [6.45, 7) is 2.48. The second kappa shape index (κ2) is 7.49. The third-order valence-electron chi connectivity index (χ3n) is 4.93. The van der Waals surface area contributed by atoms with Gasteiger partial charge in [-0.1, -0.05) is 13.0 Å². The Labute approximate surface area is 176 Å². The van der Waals surface area contributed by atoms with Gasteiger partial charge in [0.2, 0.25) is 5.91 Å². The summed E-state index contributed by atoms with van der Waals surface area (Å²) in [5.41, 5.74) is -0.599. The number of rotatable bonds is 4. The van der Waals surface area contributed by atoms with Crippen LogP contribution >= 0.6 is 11.8 Å². The molecule has 0 bridgehead atoms. The normalized spacial score (nSPS) is 19.3. The van der Waals surface area contributed by atoms with E-state index >= 15 is 0 Å². The fourth-order valence-electron chi connectivity index (χ4n) is 3.32. The van der Waals surface area contributed by atoms with E-state index in [1.54, 1.807) is 22.7 Å². The van der Waals surface area contributed by atoms with Crippen LogP contribution in [-0.4, -0.2) is 26.1 Å². The van der Waals surface area contributed by atoms with E-state index < -0.39 is 21.8 Å². The van der Waals surface area contributed by atoms with Crippen molar-refractivity contribution >= 4 is 39.1 Å². The highest BCUT2D eigenvalue weighted by Gasteiger charge is 2.37. The summed E-state index contributed by atoms with van der Waals surface area (Å²) >= 11 is 1.56. The van der Waals surface area contributed by atoms with E-state index in [4.69, 9.17) is 0 Å². The lowest BCUT2D eigenvalue weighted by Crippen LogP contribution is -2.39. The summed E-state index contributed by atoms with van der Waals surface area (Å²) in [5, 5.41) is 0.172. The molecule has 0 spiro atoms. The minimum atomic E-state index is -4.58. The highest BCUT2D eigenvalue weighted by molar-refractivity contribution is 8.00. The van der Waals surface area contributed by atoms with Crippen LogP contribution in [0.3, 0.4) is 0 Å². The second-order valence-corrected chi connectivity index (χ2v) is 10.6. The lowest BCUT2D eigenvalue weighted by Gasteiger charge is -2.33. The van der Waals surface area contributed by atoms with E-state index in [9.17, 15) is 26.4 Å². The zero-order valence-electron chi connectivity index (χ0n) is 15.9. The van der Waals surface area contributed by atoms with Gasteiger partial charge >= 0.3 is 6.18 Å². The van der Waals surface area contributed by atoms with E-state index in [1.165, 1.54) is 18.2 Å². The number of halogens is 3. The first-order valence-electron chi connectivity index (χ1n) is 9.37. The number of fused-ring (bicyclic) bond motifs is 1. The molecule has 1 heterocycles. The topological polar surface area (TPSA) is 66.5 Å². The fourth-order valence-corrected chi connectivity index (χ4v) is 5.48. The number of sulfonamides is 1. The van der Waals surface area contributed by atoms with Crippen LogP contribution in [0.4, 0.5) is 24.5 Å². The van der Waals surface area contributed by atoms with Gasteiger partial charge in [0.25, 0.3) is 10.0 Å². The van der Waals surface area contributed by atoms with Crippen LogP contribution < -0.4 is 9.62 Å². The van der Waals surface area contributed by atoms with Crippen molar-refractivity contribution in [1.29, 1.82) is 0 Å². The molecule has 0 radical (unpaired) electrons. The van der Waals surface area contributed by atoms with E-state index in [-0.39, 0.29) is 27.7 Å². The molecule has 5 nitrogen and oxygen atoms in total. The van der Waals surface area contributed by atoms with Gasteiger partial charge in [-0.3, -0.25) is 9.52 Å². The maximum absolute atomic E-state index is 12.9. The summed E-state index contributed by atoms with van der Waals surface area (Å²) in [4.78, 5) is 15.0. The average molecular weight is 457 g/mol. The van der Waals surface area contributed by atoms with Crippen LogP contribution in [0.1, 0.15) is 25.3 Å². The van der Waals surface area contributed by atoms with Crippen LogP contribution in [0, 0.1) is 5.92 Å². The number of nitrogens with one attached hydrogen (secondary N) is 1. The molecular weight excluding hydrogens is 437 g/mol.